The van der Waals surface area contributed by atoms with Gasteiger partial charge < -0.3 is 10.4 Å². The van der Waals surface area contributed by atoms with Gasteiger partial charge in [0.2, 0.25) is 0 Å². The average molecular weight is 262 g/mol. The predicted octanol–water partition coefficient (Wildman–Crippen LogP) is 3.64. The Balaban J connectivity index is 1.88. The number of phenolic OH excluding ortho intramolecular Hbond substituents is 1. The number of benzene rings is 2. The number of phenols is 1. The normalized spacial score (nSPS) is 10.6. The number of aryl methyl sites for hydroxylation is 1. The first-order valence-electron chi connectivity index (χ1n) is 5.89. The van der Waals surface area contributed by atoms with Gasteiger partial charge in [-0.15, -0.1) is 0 Å². The van der Waals surface area contributed by atoms with Gasteiger partial charge in [0.15, 0.2) is 0 Å². The molecule has 0 aliphatic carbocycles. The van der Waals surface area contributed by atoms with E-state index in [9.17, 15) is 5.11 Å². The Hall–Kier alpha value is -1.51. The first-order valence-corrected chi connectivity index (χ1v) is 6.26. The van der Waals surface area contributed by atoms with Gasteiger partial charge in [-0.05, 0) is 41.8 Å². The third-order valence-corrected chi connectivity index (χ3v) is 3.24. The van der Waals surface area contributed by atoms with Crippen LogP contribution in [-0.4, -0.2) is 5.11 Å². The Bertz CT molecular complexity index is 523. The highest BCUT2D eigenvalue weighted by molar-refractivity contribution is 6.31. The zero-order chi connectivity index (χ0) is 13.0. The fraction of sp³-hybridized carbons (Fsp3) is 0.200. The van der Waals surface area contributed by atoms with Crippen molar-refractivity contribution >= 4 is 11.6 Å². The quantitative estimate of drug-likeness (QED) is 0.881. The van der Waals surface area contributed by atoms with Crippen molar-refractivity contribution in [2.75, 3.05) is 0 Å². The fourth-order valence-corrected chi connectivity index (χ4v) is 1.91. The van der Waals surface area contributed by atoms with Crippen LogP contribution in [0.15, 0.2) is 42.5 Å². The minimum atomic E-state index is 0.295. The third kappa shape index (κ3) is 3.49. The molecule has 2 rings (SSSR count). The molecule has 0 aromatic heterocycles. The van der Waals surface area contributed by atoms with Crippen molar-refractivity contribution < 1.29 is 5.11 Å². The van der Waals surface area contributed by atoms with Gasteiger partial charge in [-0.2, -0.15) is 0 Å². The lowest BCUT2D eigenvalue weighted by molar-refractivity contribution is 0.475. The lowest BCUT2D eigenvalue weighted by atomic mass is 10.1. The molecule has 0 fully saturated rings. The monoisotopic (exact) mass is 261 g/mol. The maximum absolute atomic E-state index is 9.18. The van der Waals surface area contributed by atoms with E-state index in [2.05, 4.69) is 11.4 Å². The van der Waals surface area contributed by atoms with Gasteiger partial charge in [0.05, 0.1) is 0 Å². The zero-order valence-electron chi connectivity index (χ0n) is 10.3. The molecule has 2 nitrogen and oxygen atoms in total. The number of halogens is 1. The van der Waals surface area contributed by atoms with Gasteiger partial charge in [-0.25, -0.2) is 0 Å². The highest BCUT2D eigenvalue weighted by Crippen LogP contribution is 2.16. The number of hydrogen-bond acceptors (Lipinski definition) is 2. The molecule has 2 aromatic carbocycles. The van der Waals surface area contributed by atoms with Crippen LogP contribution in [0.1, 0.15) is 16.7 Å². The molecule has 0 amide bonds. The highest BCUT2D eigenvalue weighted by Gasteiger charge is 1.98. The SMILES string of the molecule is Cc1ccc(CNCc2ccc(O)cc2)cc1Cl. The second-order valence-electron chi connectivity index (χ2n) is 4.35. The molecule has 18 heavy (non-hydrogen) atoms. The molecule has 2 aromatic rings. The van der Waals surface area contributed by atoms with Crippen molar-refractivity contribution in [1.82, 2.24) is 5.32 Å². The molecular weight excluding hydrogens is 246 g/mol. The Kier molecular flexibility index (Phi) is 4.24. The second kappa shape index (κ2) is 5.89. The van der Waals surface area contributed by atoms with Crippen LogP contribution in [0, 0.1) is 6.92 Å². The van der Waals surface area contributed by atoms with E-state index in [1.165, 1.54) is 5.56 Å². The minimum absolute atomic E-state index is 0.295. The maximum Gasteiger partial charge on any atom is 0.115 e. The summed E-state index contributed by atoms with van der Waals surface area (Å²) in [4.78, 5) is 0. The first kappa shape index (κ1) is 12.9. The second-order valence-corrected chi connectivity index (χ2v) is 4.76. The first-order chi connectivity index (χ1) is 8.65. The summed E-state index contributed by atoms with van der Waals surface area (Å²) in [5, 5.41) is 13.3. The van der Waals surface area contributed by atoms with Crippen LogP contribution >= 0.6 is 11.6 Å². The number of nitrogens with one attached hydrogen (secondary N) is 1. The van der Waals surface area contributed by atoms with Gasteiger partial charge in [-0.1, -0.05) is 35.9 Å². The fourth-order valence-electron chi connectivity index (χ4n) is 1.71. The summed E-state index contributed by atoms with van der Waals surface area (Å²) in [5.41, 5.74) is 3.41. The molecule has 2 N–H and O–H groups in total. The molecule has 0 aliphatic rings. The molecule has 0 atom stereocenters. The van der Waals surface area contributed by atoms with Gasteiger partial charge in [-0.3, -0.25) is 0 Å². The van der Waals surface area contributed by atoms with Crippen LogP contribution in [0.25, 0.3) is 0 Å². The van der Waals surface area contributed by atoms with Crippen LogP contribution in [0.4, 0.5) is 0 Å². The Morgan fingerprint density at radius 3 is 2.28 bits per heavy atom. The summed E-state index contributed by atoms with van der Waals surface area (Å²) >= 11 is 6.07. The summed E-state index contributed by atoms with van der Waals surface area (Å²) in [7, 11) is 0. The van der Waals surface area contributed by atoms with Gasteiger partial charge in [0, 0.05) is 18.1 Å². The molecule has 0 spiro atoms. The predicted molar refractivity (Wildman–Crippen MR) is 74.8 cm³/mol. The molecule has 0 saturated carbocycles. The van der Waals surface area contributed by atoms with E-state index in [0.717, 1.165) is 29.2 Å². The van der Waals surface area contributed by atoms with Crippen LogP contribution in [0.2, 0.25) is 5.02 Å². The van der Waals surface area contributed by atoms with E-state index < -0.39 is 0 Å². The number of rotatable bonds is 4. The molecule has 0 aliphatic heterocycles. The van der Waals surface area contributed by atoms with E-state index in [0.29, 0.717) is 5.75 Å². The van der Waals surface area contributed by atoms with Crippen molar-refractivity contribution in [3.05, 3.63) is 64.2 Å². The van der Waals surface area contributed by atoms with E-state index in [4.69, 9.17) is 11.6 Å². The zero-order valence-corrected chi connectivity index (χ0v) is 11.0. The minimum Gasteiger partial charge on any atom is -0.508 e. The summed E-state index contributed by atoms with van der Waals surface area (Å²) in [6.07, 6.45) is 0. The van der Waals surface area contributed by atoms with Gasteiger partial charge >= 0.3 is 0 Å². The number of aromatic hydroxyl groups is 1. The van der Waals surface area contributed by atoms with Crippen molar-refractivity contribution in [3.63, 3.8) is 0 Å². The Morgan fingerprint density at radius 2 is 1.61 bits per heavy atom. The van der Waals surface area contributed by atoms with Gasteiger partial charge in [0.25, 0.3) is 0 Å². The number of hydrogen-bond donors (Lipinski definition) is 2. The molecule has 0 bridgehead atoms. The van der Waals surface area contributed by atoms with Crippen LogP contribution in [0.5, 0.6) is 5.75 Å². The molecule has 0 heterocycles. The largest absolute Gasteiger partial charge is 0.508 e. The van der Waals surface area contributed by atoms with Crippen LogP contribution in [0.3, 0.4) is 0 Å². The Morgan fingerprint density at radius 1 is 1.00 bits per heavy atom. The summed E-state index contributed by atoms with van der Waals surface area (Å²) in [6.45, 7) is 3.54. The van der Waals surface area contributed by atoms with Crippen molar-refractivity contribution in [1.29, 1.82) is 0 Å². The molecular formula is C15H16ClNO. The van der Waals surface area contributed by atoms with Crippen molar-refractivity contribution in [3.8, 4) is 5.75 Å². The van der Waals surface area contributed by atoms with E-state index in [1.807, 2.05) is 31.2 Å². The molecule has 94 valence electrons. The van der Waals surface area contributed by atoms with E-state index in [1.54, 1.807) is 12.1 Å². The lowest BCUT2D eigenvalue weighted by Crippen LogP contribution is -2.12. The van der Waals surface area contributed by atoms with E-state index in [-0.39, 0.29) is 0 Å². The topological polar surface area (TPSA) is 32.3 Å². The smallest absolute Gasteiger partial charge is 0.115 e. The lowest BCUT2D eigenvalue weighted by Gasteiger charge is -2.07. The van der Waals surface area contributed by atoms with Crippen molar-refractivity contribution in [2.24, 2.45) is 0 Å². The van der Waals surface area contributed by atoms with E-state index >= 15 is 0 Å². The summed E-state index contributed by atoms with van der Waals surface area (Å²) in [6, 6.07) is 13.3. The third-order valence-electron chi connectivity index (χ3n) is 2.83. The summed E-state index contributed by atoms with van der Waals surface area (Å²) in [5.74, 6) is 0.295. The molecule has 0 radical (unpaired) electrons. The van der Waals surface area contributed by atoms with Crippen molar-refractivity contribution in [2.45, 2.75) is 20.0 Å². The molecule has 3 heteroatoms. The van der Waals surface area contributed by atoms with Crippen LogP contribution in [-0.2, 0) is 13.1 Å². The van der Waals surface area contributed by atoms with Crippen LogP contribution < -0.4 is 5.32 Å². The summed E-state index contributed by atoms with van der Waals surface area (Å²) < 4.78 is 0. The molecule has 0 saturated heterocycles. The molecule has 0 unspecified atom stereocenters. The van der Waals surface area contributed by atoms with Gasteiger partial charge in [0.1, 0.15) is 5.75 Å². The average Bonchev–Trinajstić information content (AvgIpc) is 2.36. The Labute approximate surface area is 112 Å². The standard InChI is InChI=1S/C15H16ClNO/c1-11-2-3-13(8-15(11)16)10-17-9-12-4-6-14(18)7-5-12/h2-8,17-18H,9-10H2,1H3. The highest BCUT2D eigenvalue weighted by atomic mass is 35.5. The maximum atomic E-state index is 9.18.